The van der Waals surface area contributed by atoms with Crippen LogP contribution in [-0.4, -0.2) is 22.5 Å². The Morgan fingerprint density at radius 2 is 2.33 bits per heavy atom. The molecule has 2 rings (SSSR count). The standard InChI is InChI=1S/C11H13N5O2/c12-6-1-7-15(8-2-3-8)10-5-4-9(16(17)18)11(13)14-10/h4-5,8H,1-3,7H2,(H2,13,14). The first-order chi connectivity index (χ1) is 8.63. The number of nitriles is 1. The van der Waals surface area contributed by atoms with E-state index in [2.05, 4.69) is 11.1 Å². The fraction of sp³-hybridized carbons (Fsp3) is 0.455. The van der Waals surface area contributed by atoms with Crippen LogP contribution in [0.4, 0.5) is 17.3 Å². The van der Waals surface area contributed by atoms with Gasteiger partial charge in [0.05, 0.1) is 17.4 Å². The summed E-state index contributed by atoms with van der Waals surface area (Å²) in [7, 11) is 0. The van der Waals surface area contributed by atoms with E-state index in [1.54, 1.807) is 6.07 Å². The fourth-order valence-corrected chi connectivity index (χ4v) is 1.81. The molecule has 0 amide bonds. The average Bonchev–Trinajstić information content (AvgIpc) is 3.13. The first kappa shape index (κ1) is 12.1. The normalized spacial score (nSPS) is 13.9. The first-order valence-electron chi connectivity index (χ1n) is 5.68. The zero-order valence-corrected chi connectivity index (χ0v) is 9.74. The van der Waals surface area contributed by atoms with Gasteiger partial charge in [-0.2, -0.15) is 5.26 Å². The van der Waals surface area contributed by atoms with Gasteiger partial charge in [-0.05, 0) is 18.9 Å². The molecule has 1 fully saturated rings. The highest BCUT2D eigenvalue weighted by atomic mass is 16.6. The zero-order chi connectivity index (χ0) is 13.1. The molecule has 0 aromatic carbocycles. The average molecular weight is 247 g/mol. The molecule has 1 aromatic rings. The van der Waals surface area contributed by atoms with Gasteiger partial charge in [0, 0.05) is 18.7 Å². The molecule has 18 heavy (non-hydrogen) atoms. The SMILES string of the molecule is N#CCCN(c1ccc([N+](=O)[O-])c(N)n1)C1CC1. The summed E-state index contributed by atoms with van der Waals surface area (Å²) in [6.45, 7) is 0.575. The van der Waals surface area contributed by atoms with Crippen LogP contribution in [0.1, 0.15) is 19.3 Å². The van der Waals surface area contributed by atoms with Gasteiger partial charge in [0.1, 0.15) is 5.82 Å². The molecular weight excluding hydrogens is 234 g/mol. The van der Waals surface area contributed by atoms with Crippen molar-refractivity contribution >= 4 is 17.3 Å². The number of hydrogen-bond acceptors (Lipinski definition) is 6. The van der Waals surface area contributed by atoms with E-state index in [-0.39, 0.29) is 11.5 Å². The van der Waals surface area contributed by atoms with Crippen LogP contribution in [0.5, 0.6) is 0 Å². The number of pyridine rings is 1. The lowest BCUT2D eigenvalue weighted by Gasteiger charge is -2.22. The Balaban J connectivity index is 2.23. The Labute approximate surface area is 104 Å². The second-order valence-corrected chi connectivity index (χ2v) is 4.16. The Morgan fingerprint density at radius 3 is 2.83 bits per heavy atom. The second kappa shape index (κ2) is 4.87. The van der Waals surface area contributed by atoms with Gasteiger partial charge in [-0.25, -0.2) is 4.98 Å². The maximum Gasteiger partial charge on any atom is 0.311 e. The van der Waals surface area contributed by atoms with Crippen molar-refractivity contribution in [3.05, 3.63) is 22.2 Å². The summed E-state index contributed by atoms with van der Waals surface area (Å²) < 4.78 is 0. The van der Waals surface area contributed by atoms with E-state index < -0.39 is 4.92 Å². The molecule has 2 N–H and O–H groups in total. The molecule has 0 atom stereocenters. The van der Waals surface area contributed by atoms with Gasteiger partial charge in [-0.15, -0.1) is 0 Å². The lowest BCUT2D eigenvalue weighted by Crippen LogP contribution is -2.27. The highest BCUT2D eigenvalue weighted by Crippen LogP contribution is 2.32. The molecule has 1 aliphatic rings. The van der Waals surface area contributed by atoms with Crippen LogP contribution in [0.15, 0.2) is 12.1 Å². The molecule has 1 aliphatic carbocycles. The summed E-state index contributed by atoms with van der Waals surface area (Å²) in [5.74, 6) is 0.524. The van der Waals surface area contributed by atoms with E-state index in [1.807, 2.05) is 4.90 Å². The second-order valence-electron chi connectivity index (χ2n) is 4.16. The number of nitrogens with two attached hydrogens (primary N) is 1. The van der Waals surface area contributed by atoms with Gasteiger partial charge in [-0.1, -0.05) is 0 Å². The number of anilines is 2. The highest BCUT2D eigenvalue weighted by molar-refractivity contribution is 5.58. The van der Waals surface area contributed by atoms with Crippen molar-refractivity contribution in [1.82, 2.24) is 4.98 Å². The number of nitro groups is 1. The summed E-state index contributed by atoms with van der Waals surface area (Å²) in [5, 5.41) is 19.3. The molecule has 1 aromatic heterocycles. The Bertz CT molecular complexity index is 507. The smallest absolute Gasteiger partial charge is 0.311 e. The van der Waals surface area contributed by atoms with Crippen LogP contribution >= 0.6 is 0 Å². The van der Waals surface area contributed by atoms with Crippen molar-refractivity contribution in [1.29, 1.82) is 5.26 Å². The fourth-order valence-electron chi connectivity index (χ4n) is 1.81. The van der Waals surface area contributed by atoms with E-state index in [0.717, 1.165) is 12.8 Å². The van der Waals surface area contributed by atoms with Gasteiger partial charge in [0.2, 0.25) is 5.82 Å². The molecule has 94 valence electrons. The van der Waals surface area contributed by atoms with Crippen LogP contribution in [0.2, 0.25) is 0 Å². The molecule has 0 saturated heterocycles. The number of nitrogens with zero attached hydrogens (tertiary/aromatic N) is 4. The Morgan fingerprint density at radius 1 is 1.61 bits per heavy atom. The summed E-state index contributed by atoms with van der Waals surface area (Å²) in [6.07, 6.45) is 2.52. The van der Waals surface area contributed by atoms with Gasteiger partial charge >= 0.3 is 5.69 Å². The summed E-state index contributed by atoms with van der Waals surface area (Å²) in [6, 6.07) is 5.42. The van der Waals surface area contributed by atoms with Gasteiger partial charge in [0.15, 0.2) is 0 Å². The van der Waals surface area contributed by atoms with Gasteiger partial charge in [-0.3, -0.25) is 10.1 Å². The number of aromatic nitrogens is 1. The van der Waals surface area contributed by atoms with E-state index in [4.69, 9.17) is 11.0 Å². The van der Waals surface area contributed by atoms with Gasteiger partial charge < -0.3 is 10.6 Å². The van der Waals surface area contributed by atoms with Crippen LogP contribution in [0.3, 0.4) is 0 Å². The molecular formula is C11H13N5O2. The van der Waals surface area contributed by atoms with Crippen molar-refractivity contribution < 1.29 is 4.92 Å². The Kier molecular flexibility index (Phi) is 3.28. The molecule has 7 heteroatoms. The zero-order valence-electron chi connectivity index (χ0n) is 9.74. The molecule has 7 nitrogen and oxygen atoms in total. The molecule has 0 radical (unpaired) electrons. The van der Waals surface area contributed by atoms with Crippen molar-refractivity contribution in [3.63, 3.8) is 0 Å². The Hall–Kier alpha value is -2.36. The van der Waals surface area contributed by atoms with Gasteiger partial charge in [0.25, 0.3) is 0 Å². The number of nitrogen functional groups attached to an aromatic ring is 1. The molecule has 1 heterocycles. The van der Waals surface area contributed by atoms with Crippen LogP contribution in [0, 0.1) is 21.4 Å². The van der Waals surface area contributed by atoms with Crippen LogP contribution < -0.4 is 10.6 Å². The van der Waals surface area contributed by atoms with E-state index in [1.165, 1.54) is 6.07 Å². The number of hydrogen-bond donors (Lipinski definition) is 1. The summed E-state index contributed by atoms with van der Waals surface area (Å²) >= 11 is 0. The summed E-state index contributed by atoms with van der Waals surface area (Å²) in [5.41, 5.74) is 5.38. The molecule has 1 saturated carbocycles. The lowest BCUT2D eigenvalue weighted by molar-refractivity contribution is -0.384. The molecule has 0 spiro atoms. The predicted molar refractivity (Wildman–Crippen MR) is 65.9 cm³/mol. The highest BCUT2D eigenvalue weighted by Gasteiger charge is 2.30. The third kappa shape index (κ3) is 2.48. The largest absolute Gasteiger partial charge is 0.378 e. The minimum Gasteiger partial charge on any atom is -0.378 e. The van der Waals surface area contributed by atoms with E-state index >= 15 is 0 Å². The summed E-state index contributed by atoms with van der Waals surface area (Å²) in [4.78, 5) is 16.1. The van der Waals surface area contributed by atoms with Crippen molar-refractivity contribution in [2.75, 3.05) is 17.2 Å². The van der Waals surface area contributed by atoms with Crippen LogP contribution in [-0.2, 0) is 0 Å². The minimum atomic E-state index is -0.553. The molecule has 0 unspecified atom stereocenters. The topological polar surface area (TPSA) is 109 Å². The quantitative estimate of drug-likeness (QED) is 0.623. The van der Waals surface area contributed by atoms with Crippen LogP contribution in [0.25, 0.3) is 0 Å². The van der Waals surface area contributed by atoms with Crippen molar-refractivity contribution in [2.45, 2.75) is 25.3 Å². The molecule has 0 aliphatic heterocycles. The number of rotatable bonds is 5. The first-order valence-corrected chi connectivity index (χ1v) is 5.68. The van der Waals surface area contributed by atoms with Crippen molar-refractivity contribution in [2.24, 2.45) is 0 Å². The maximum atomic E-state index is 10.7. The monoisotopic (exact) mass is 247 g/mol. The van der Waals surface area contributed by atoms with Crippen molar-refractivity contribution in [3.8, 4) is 6.07 Å². The van der Waals surface area contributed by atoms with E-state index in [0.29, 0.717) is 24.8 Å². The predicted octanol–water partition coefficient (Wildman–Crippen LogP) is 1.45. The maximum absolute atomic E-state index is 10.7. The third-order valence-electron chi connectivity index (χ3n) is 2.83. The lowest BCUT2D eigenvalue weighted by atomic mass is 10.3. The third-order valence-corrected chi connectivity index (χ3v) is 2.83. The molecule has 0 bridgehead atoms. The minimum absolute atomic E-state index is 0.0832. The van der Waals surface area contributed by atoms with E-state index in [9.17, 15) is 10.1 Å².